The van der Waals surface area contributed by atoms with E-state index in [2.05, 4.69) is 0 Å². The standard InChI is InChI=1S/C21H25.C17H6F12.C5H5.Zr/c1-20(2,3)16-7-9-18-14(12-16)11-15-13-17(21(4,5)6)8-10-19(15)18;18-14(19,20)10-2-8(3-11(6-10)15(21,22)23)1-9-4-12(16(24,25)26)7-13(5-9)17(27,28)29;1-2-4-5-3-1;/h7-13H,1-6H3;2-7H;1-3H,4H2;. The van der Waals surface area contributed by atoms with Gasteiger partial charge in [0.15, 0.2) is 0 Å². The van der Waals surface area contributed by atoms with Crippen LogP contribution in [0.15, 0.2) is 94.3 Å². The first kappa shape index (κ1) is 41.9. The fourth-order valence-corrected chi connectivity index (χ4v) is 16.2. The predicted molar refractivity (Wildman–Crippen MR) is 189 cm³/mol. The van der Waals surface area contributed by atoms with E-state index < -0.39 is 93.8 Å². The first-order valence-electron chi connectivity index (χ1n) is 17.5. The Balaban J connectivity index is 1.89. The summed E-state index contributed by atoms with van der Waals surface area (Å²) in [5, 5.41) is 0. The van der Waals surface area contributed by atoms with Crippen molar-refractivity contribution in [2.75, 3.05) is 0 Å². The first-order chi connectivity index (χ1) is 25.5. The molecule has 56 heavy (non-hydrogen) atoms. The first-order valence-corrected chi connectivity index (χ1v) is 21.4. The average molecular weight is 872 g/mol. The SMILES string of the molecule is CC(C)(C)c1ccc2c(c1)[CH]([Zr]([C]1=CC=CC1)=[C](c1cc(C(F)(F)F)cc(C(F)(F)F)c1)c1cc(C(F)(F)F)cc(C(F)(F)F)c1)c1cc(C(C)(C)C)ccc1-2. The topological polar surface area (TPSA) is 0 Å². The summed E-state index contributed by atoms with van der Waals surface area (Å²) >= 11 is -4.51. The van der Waals surface area contributed by atoms with Crippen molar-refractivity contribution in [2.24, 2.45) is 0 Å². The van der Waals surface area contributed by atoms with Crippen molar-refractivity contribution < 1.29 is 74.0 Å². The third-order valence-electron chi connectivity index (χ3n) is 10.2. The van der Waals surface area contributed by atoms with E-state index in [0.29, 0.717) is 38.7 Å². The van der Waals surface area contributed by atoms with Crippen LogP contribution in [0.4, 0.5) is 52.7 Å². The summed E-state index contributed by atoms with van der Waals surface area (Å²) < 4.78 is 173. The molecular weight excluding hydrogens is 836 g/mol. The van der Waals surface area contributed by atoms with Crippen molar-refractivity contribution in [3.63, 3.8) is 0 Å². The van der Waals surface area contributed by atoms with Crippen LogP contribution in [0.1, 0.15) is 107 Å². The maximum atomic E-state index is 14.5. The summed E-state index contributed by atoms with van der Waals surface area (Å²) in [7, 11) is 0. The second-order valence-electron chi connectivity index (χ2n) is 16.2. The van der Waals surface area contributed by atoms with Crippen molar-refractivity contribution in [1.29, 1.82) is 0 Å². The molecule has 4 aromatic rings. The van der Waals surface area contributed by atoms with Crippen LogP contribution in [0.2, 0.25) is 0 Å². The summed E-state index contributed by atoms with van der Waals surface area (Å²) in [6.45, 7) is 11.7. The van der Waals surface area contributed by atoms with Gasteiger partial charge in [-0.3, -0.25) is 0 Å². The average Bonchev–Trinajstić information content (AvgIpc) is 3.70. The molecule has 296 valence electrons. The summed E-state index contributed by atoms with van der Waals surface area (Å²) in [5.74, 6) is 0. The van der Waals surface area contributed by atoms with Gasteiger partial charge in [-0.05, 0) is 0 Å². The molecule has 0 fully saturated rings. The van der Waals surface area contributed by atoms with Crippen molar-refractivity contribution >= 4 is 3.21 Å². The van der Waals surface area contributed by atoms with Crippen LogP contribution in [0, 0.1) is 0 Å². The Bertz CT molecular complexity index is 2090. The van der Waals surface area contributed by atoms with E-state index in [1.807, 2.05) is 77.9 Å². The van der Waals surface area contributed by atoms with E-state index in [9.17, 15) is 52.7 Å². The third kappa shape index (κ3) is 8.30. The van der Waals surface area contributed by atoms with Gasteiger partial charge in [-0.25, -0.2) is 0 Å². The Hall–Kier alpha value is -3.73. The van der Waals surface area contributed by atoms with Gasteiger partial charge in [-0.15, -0.1) is 0 Å². The summed E-state index contributed by atoms with van der Waals surface area (Å²) in [6, 6.07) is 12.9. The van der Waals surface area contributed by atoms with Crippen LogP contribution in [0.5, 0.6) is 0 Å². The van der Waals surface area contributed by atoms with E-state index in [0.717, 1.165) is 22.3 Å². The number of halogens is 12. The second kappa shape index (κ2) is 14.0. The minimum absolute atomic E-state index is 0.0980. The van der Waals surface area contributed by atoms with Crippen LogP contribution < -0.4 is 0 Å². The molecular formula is C43H36F12Zr. The van der Waals surface area contributed by atoms with Crippen molar-refractivity contribution in [1.82, 2.24) is 0 Å². The molecule has 0 heterocycles. The van der Waals surface area contributed by atoms with Gasteiger partial charge < -0.3 is 0 Å². The molecule has 0 nitrogen and oxygen atoms in total. The maximum absolute atomic E-state index is 14.5. The Morgan fingerprint density at radius 2 is 0.839 bits per heavy atom. The zero-order chi connectivity index (χ0) is 41.6. The molecule has 0 aliphatic heterocycles. The van der Waals surface area contributed by atoms with Gasteiger partial charge in [0.05, 0.1) is 0 Å². The zero-order valence-electron chi connectivity index (χ0n) is 31.0. The molecule has 0 amide bonds. The minimum atomic E-state index is -5.35. The molecule has 0 radical (unpaired) electrons. The van der Waals surface area contributed by atoms with Crippen LogP contribution in [-0.2, 0) is 56.8 Å². The number of rotatable bonds is 4. The molecule has 6 rings (SSSR count). The molecule has 0 saturated heterocycles. The summed E-state index contributed by atoms with van der Waals surface area (Å²) in [4.78, 5) is 0. The van der Waals surface area contributed by atoms with Crippen LogP contribution in [0.3, 0.4) is 0 Å². The van der Waals surface area contributed by atoms with E-state index in [1.165, 1.54) is 0 Å². The van der Waals surface area contributed by atoms with Crippen LogP contribution >= 0.6 is 0 Å². The van der Waals surface area contributed by atoms with Crippen LogP contribution in [0.25, 0.3) is 11.1 Å². The number of allylic oxidation sites excluding steroid dienone is 4. The monoisotopic (exact) mass is 870 g/mol. The molecule has 0 N–H and O–H groups in total. The molecule has 2 aliphatic rings. The molecule has 0 aromatic heterocycles. The Kier molecular flexibility index (Phi) is 10.5. The van der Waals surface area contributed by atoms with Crippen LogP contribution in [-0.4, -0.2) is 3.21 Å². The van der Waals surface area contributed by atoms with E-state index >= 15 is 0 Å². The van der Waals surface area contributed by atoms with Gasteiger partial charge in [-0.2, -0.15) is 0 Å². The van der Waals surface area contributed by atoms with Gasteiger partial charge in [-0.1, -0.05) is 0 Å². The number of alkyl halides is 12. The molecule has 0 bridgehead atoms. The number of hydrogen-bond donors (Lipinski definition) is 0. The summed E-state index contributed by atoms with van der Waals surface area (Å²) in [6.07, 6.45) is -16.2. The molecule has 13 heteroatoms. The Labute approximate surface area is 324 Å². The van der Waals surface area contributed by atoms with Crippen molar-refractivity contribution in [3.8, 4) is 11.1 Å². The van der Waals surface area contributed by atoms with Crippen molar-refractivity contribution in [3.05, 3.63) is 150 Å². The normalized spacial score (nSPS) is 15.2. The van der Waals surface area contributed by atoms with Gasteiger partial charge >= 0.3 is 325 Å². The Morgan fingerprint density at radius 3 is 1.12 bits per heavy atom. The van der Waals surface area contributed by atoms with E-state index in [4.69, 9.17) is 0 Å². The molecule has 0 saturated carbocycles. The van der Waals surface area contributed by atoms with Gasteiger partial charge in [0.2, 0.25) is 0 Å². The van der Waals surface area contributed by atoms with Gasteiger partial charge in [0.1, 0.15) is 0 Å². The van der Waals surface area contributed by atoms with E-state index in [1.54, 1.807) is 18.2 Å². The quantitative estimate of drug-likeness (QED) is 0.179. The Morgan fingerprint density at radius 1 is 0.482 bits per heavy atom. The molecule has 2 aliphatic carbocycles. The molecule has 0 unspecified atom stereocenters. The molecule has 4 aromatic carbocycles. The fraction of sp³-hybridized carbons (Fsp3) is 0.326. The number of benzene rings is 4. The molecule has 0 atom stereocenters. The molecule has 0 spiro atoms. The zero-order valence-corrected chi connectivity index (χ0v) is 33.4. The second-order valence-corrected chi connectivity index (χ2v) is 22.5. The van der Waals surface area contributed by atoms with Gasteiger partial charge in [0, 0.05) is 0 Å². The number of hydrogen-bond acceptors (Lipinski definition) is 0. The van der Waals surface area contributed by atoms with Crippen molar-refractivity contribution in [2.45, 2.75) is 87.1 Å². The van der Waals surface area contributed by atoms with E-state index in [-0.39, 0.29) is 21.8 Å². The number of fused-ring (bicyclic) bond motifs is 3. The predicted octanol–water partition coefficient (Wildman–Crippen LogP) is 14.2. The fourth-order valence-electron chi connectivity index (χ4n) is 7.32. The van der Waals surface area contributed by atoms with Gasteiger partial charge in [0.25, 0.3) is 0 Å². The third-order valence-corrected chi connectivity index (χ3v) is 18.5. The summed E-state index contributed by atoms with van der Waals surface area (Å²) in [5.41, 5.74) is -4.81.